The van der Waals surface area contributed by atoms with Crippen molar-refractivity contribution in [1.82, 2.24) is 4.98 Å². The fourth-order valence-corrected chi connectivity index (χ4v) is 6.33. The maximum atomic E-state index is 14.0. The second-order valence-electron chi connectivity index (χ2n) is 11.8. The number of amides is 1. The van der Waals surface area contributed by atoms with Crippen LogP contribution < -0.4 is 15.4 Å². The number of rotatable bonds is 9. The lowest BCUT2D eigenvalue weighted by molar-refractivity contribution is -0.123. The van der Waals surface area contributed by atoms with Crippen molar-refractivity contribution in [2.24, 2.45) is 22.6 Å². The van der Waals surface area contributed by atoms with Crippen molar-refractivity contribution in [2.75, 3.05) is 18.6 Å². The Kier molecular flexibility index (Phi) is 9.00. The molecule has 3 aliphatic carbocycles. The molecule has 2 N–H and O–H groups in total. The van der Waals surface area contributed by atoms with Crippen LogP contribution in [-0.2, 0) is 4.79 Å². The molecular weight excluding hydrogens is 484 g/mol. The quantitative estimate of drug-likeness (QED) is 0.362. The van der Waals surface area contributed by atoms with Gasteiger partial charge >= 0.3 is 0 Å². The molecule has 3 saturated carbocycles. The van der Waals surface area contributed by atoms with Gasteiger partial charge in [-0.05, 0) is 99.5 Å². The van der Waals surface area contributed by atoms with Crippen LogP contribution in [0.2, 0.25) is 0 Å². The number of pyridine rings is 1. The zero-order valence-corrected chi connectivity index (χ0v) is 23.6. The first-order valence-corrected chi connectivity index (χ1v) is 14.9. The summed E-state index contributed by atoms with van der Waals surface area (Å²) in [6, 6.07) is 11.0. The highest BCUT2D eigenvalue weighted by Gasteiger charge is 2.31. The number of anilines is 1. The van der Waals surface area contributed by atoms with E-state index in [1.54, 1.807) is 13.3 Å². The van der Waals surface area contributed by atoms with Crippen molar-refractivity contribution in [3.05, 3.63) is 59.4 Å². The van der Waals surface area contributed by atoms with Gasteiger partial charge in [0.05, 0.1) is 13.2 Å². The molecule has 3 fully saturated rings. The number of allylic oxidation sites excluding steroid dienone is 1. The lowest BCUT2D eigenvalue weighted by atomic mass is 9.78. The summed E-state index contributed by atoms with van der Waals surface area (Å²) >= 11 is 0. The van der Waals surface area contributed by atoms with Crippen molar-refractivity contribution in [2.45, 2.75) is 89.5 Å². The first-order valence-electron chi connectivity index (χ1n) is 14.9. The highest BCUT2D eigenvalue weighted by molar-refractivity contribution is 6.10. The van der Waals surface area contributed by atoms with E-state index in [2.05, 4.69) is 52.1 Å². The minimum absolute atomic E-state index is 0.132. The number of nitrogens with zero attached hydrogens (tertiary/aromatic N) is 3. The lowest BCUT2D eigenvalue weighted by Gasteiger charge is -2.35. The number of aryl methyl sites for hydroxylation is 1. The standard InChI is InChI=1S/C33H44N4O2/c1-23-17-28(20-36-32(23)39-2)25-13-11-24(12-14-25)22-37(33(38)26-7-4-3-5-8-26)31-10-6-9-27(18-31)29(19-34)21-35-30-15-16-30/h6,9-10,17-21,24-26,30H,3-5,7-8,11-16,22,34H2,1-2H3. The number of aromatic nitrogens is 1. The van der Waals surface area contributed by atoms with E-state index >= 15 is 0 Å². The van der Waals surface area contributed by atoms with Gasteiger partial charge in [0.25, 0.3) is 0 Å². The number of benzene rings is 1. The highest BCUT2D eigenvalue weighted by atomic mass is 16.5. The summed E-state index contributed by atoms with van der Waals surface area (Å²) in [6.07, 6.45) is 17.9. The summed E-state index contributed by atoms with van der Waals surface area (Å²) in [5.41, 5.74) is 11.3. The molecule has 6 heteroatoms. The summed E-state index contributed by atoms with van der Waals surface area (Å²) in [4.78, 5) is 25.2. The van der Waals surface area contributed by atoms with Crippen LogP contribution in [0.3, 0.4) is 0 Å². The molecule has 0 saturated heterocycles. The summed E-state index contributed by atoms with van der Waals surface area (Å²) < 4.78 is 5.35. The topological polar surface area (TPSA) is 80.8 Å². The molecule has 6 nitrogen and oxygen atoms in total. The van der Waals surface area contributed by atoms with Gasteiger partial charge in [0, 0.05) is 47.9 Å². The Morgan fingerprint density at radius 2 is 1.85 bits per heavy atom. The predicted octanol–water partition coefficient (Wildman–Crippen LogP) is 6.82. The van der Waals surface area contributed by atoms with E-state index in [1.165, 1.54) is 12.0 Å². The molecule has 1 aromatic carbocycles. The van der Waals surface area contributed by atoms with Crippen LogP contribution >= 0.6 is 0 Å². The number of aliphatic imine (C=N–C) groups is 1. The number of nitrogens with two attached hydrogens (primary N) is 1. The molecular formula is C33H44N4O2. The number of carbonyl (C=O) groups excluding carboxylic acids is 1. The molecule has 1 amide bonds. The average molecular weight is 529 g/mol. The van der Waals surface area contributed by atoms with Gasteiger partial charge < -0.3 is 15.4 Å². The van der Waals surface area contributed by atoms with Crippen LogP contribution in [0.4, 0.5) is 5.69 Å². The van der Waals surface area contributed by atoms with E-state index in [0.29, 0.717) is 29.7 Å². The van der Waals surface area contributed by atoms with Gasteiger partial charge in [0.2, 0.25) is 11.8 Å². The Morgan fingerprint density at radius 1 is 1.08 bits per heavy atom. The van der Waals surface area contributed by atoms with E-state index < -0.39 is 0 Å². The zero-order chi connectivity index (χ0) is 27.2. The van der Waals surface area contributed by atoms with Gasteiger partial charge in [0.15, 0.2) is 0 Å². The van der Waals surface area contributed by atoms with Gasteiger partial charge in [0.1, 0.15) is 0 Å². The molecule has 0 aliphatic heterocycles. The van der Waals surface area contributed by atoms with E-state index in [9.17, 15) is 4.79 Å². The zero-order valence-electron chi connectivity index (χ0n) is 23.6. The van der Waals surface area contributed by atoms with Crippen molar-refractivity contribution in [3.8, 4) is 5.88 Å². The van der Waals surface area contributed by atoms with Crippen molar-refractivity contribution in [1.29, 1.82) is 0 Å². The number of hydrogen-bond donors (Lipinski definition) is 1. The fraction of sp³-hybridized carbons (Fsp3) is 0.545. The normalized spacial score (nSPS) is 22.7. The molecule has 208 valence electrons. The molecule has 0 atom stereocenters. The summed E-state index contributed by atoms with van der Waals surface area (Å²) in [7, 11) is 1.67. The van der Waals surface area contributed by atoms with Crippen LogP contribution in [0.25, 0.3) is 5.57 Å². The molecule has 0 unspecified atom stereocenters. The van der Waals surface area contributed by atoms with E-state index in [-0.39, 0.29) is 5.92 Å². The molecule has 1 aromatic heterocycles. The Balaban J connectivity index is 1.32. The summed E-state index contributed by atoms with van der Waals surface area (Å²) in [6.45, 7) is 2.84. The van der Waals surface area contributed by atoms with Crippen LogP contribution in [-0.4, -0.2) is 36.8 Å². The molecule has 0 bridgehead atoms. The van der Waals surface area contributed by atoms with Gasteiger partial charge in [-0.1, -0.05) is 31.4 Å². The van der Waals surface area contributed by atoms with Crippen LogP contribution in [0.15, 0.2) is 47.7 Å². The van der Waals surface area contributed by atoms with Crippen LogP contribution in [0, 0.1) is 18.8 Å². The smallest absolute Gasteiger partial charge is 0.230 e. The van der Waals surface area contributed by atoms with Crippen LogP contribution in [0.5, 0.6) is 5.88 Å². The number of methoxy groups -OCH3 is 1. The molecule has 2 aromatic rings. The third kappa shape index (κ3) is 6.90. The van der Waals surface area contributed by atoms with Crippen molar-refractivity contribution < 1.29 is 9.53 Å². The first-order chi connectivity index (χ1) is 19.1. The van der Waals surface area contributed by atoms with Crippen molar-refractivity contribution >= 4 is 23.4 Å². The van der Waals surface area contributed by atoms with E-state index in [4.69, 9.17) is 10.5 Å². The second kappa shape index (κ2) is 12.8. The average Bonchev–Trinajstić information content (AvgIpc) is 3.81. The Morgan fingerprint density at radius 3 is 2.51 bits per heavy atom. The number of hydrogen-bond acceptors (Lipinski definition) is 5. The van der Waals surface area contributed by atoms with Gasteiger partial charge in [-0.2, -0.15) is 0 Å². The van der Waals surface area contributed by atoms with Gasteiger partial charge in [-0.3, -0.25) is 9.79 Å². The lowest BCUT2D eigenvalue weighted by Crippen LogP contribution is -2.41. The summed E-state index contributed by atoms with van der Waals surface area (Å²) in [5.74, 6) is 2.15. The van der Waals surface area contributed by atoms with Crippen LogP contribution in [0.1, 0.15) is 93.2 Å². The fourth-order valence-electron chi connectivity index (χ4n) is 6.33. The Hall–Kier alpha value is -3.15. The molecule has 0 spiro atoms. The number of ether oxygens (including phenoxy) is 1. The van der Waals surface area contributed by atoms with E-state index in [0.717, 1.165) is 93.1 Å². The molecule has 5 rings (SSSR count). The third-order valence-electron chi connectivity index (χ3n) is 8.87. The predicted molar refractivity (Wildman–Crippen MR) is 159 cm³/mol. The first kappa shape index (κ1) is 27.4. The Labute approximate surface area is 233 Å². The molecule has 0 radical (unpaired) electrons. The molecule has 39 heavy (non-hydrogen) atoms. The minimum atomic E-state index is 0.132. The monoisotopic (exact) mass is 528 g/mol. The molecule has 1 heterocycles. The number of carbonyl (C=O) groups is 1. The van der Waals surface area contributed by atoms with Crippen molar-refractivity contribution in [3.63, 3.8) is 0 Å². The highest BCUT2D eigenvalue weighted by Crippen LogP contribution is 2.38. The minimum Gasteiger partial charge on any atom is -0.481 e. The van der Waals surface area contributed by atoms with E-state index in [1.807, 2.05) is 12.4 Å². The third-order valence-corrected chi connectivity index (χ3v) is 8.87. The molecule has 3 aliphatic rings. The second-order valence-corrected chi connectivity index (χ2v) is 11.8. The largest absolute Gasteiger partial charge is 0.481 e. The SMILES string of the molecule is COc1ncc(C2CCC(CN(C(=O)C3CCCCC3)c3cccc(C(C=NC4CC4)=CN)c3)CC2)cc1C. The van der Waals surface area contributed by atoms with Gasteiger partial charge in [-0.25, -0.2) is 4.98 Å². The summed E-state index contributed by atoms with van der Waals surface area (Å²) in [5, 5.41) is 0. The maximum absolute atomic E-state index is 14.0. The van der Waals surface area contributed by atoms with Gasteiger partial charge in [-0.15, -0.1) is 0 Å². The Bertz CT molecular complexity index is 1190. The maximum Gasteiger partial charge on any atom is 0.230 e.